The SMILES string of the molecule is CC#CCn1c(N2CCCC(NC(=O)OC(C)(C)C)C2)nc2c1c(=O)n(CC(=O)c1ccccc1OCSC)c(=O)n2C. The number of para-hydroxylation sites is 1. The van der Waals surface area contributed by atoms with Crippen molar-refractivity contribution in [3.05, 3.63) is 50.7 Å². The van der Waals surface area contributed by atoms with E-state index in [1.54, 1.807) is 56.5 Å². The number of thioether (sulfide) groups is 1. The number of amides is 1. The second-order valence-electron chi connectivity index (χ2n) is 11.2. The number of hydrogen-bond donors (Lipinski definition) is 1. The average Bonchev–Trinajstić information content (AvgIpc) is 3.35. The summed E-state index contributed by atoms with van der Waals surface area (Å²) >= 11 is 1.46. The Morgan fingerprint density at radius 3 is 2.63 bits per heavy atom. The maximum Gasteiger partial charge on any atom is 0.407 e. The number of aryl methyl sites for hydroxylation is 1. The van der Waals surface area contributed by atoms with Gasteiger partial charge < -0.3 is 19.7 Å². The van der Waals surface area contributed by atoms with Crippen LogP contribution in [0.1, 0.15) is 50.9 Å². The zero-order valence-corrected chi connectivity index (χ0v) is 26.2. The monoisotopic (exact) mass is 610 g/mol. The number of aromatic nitrogens is 4. The van der Waals surface area contributed by atoms with Crippen molar-refractivity contribution in [3.8, 4) is 17.6 Å². The molecule has 13 heteroatoms. The highest BCUT2D eigenvalue weighted by Gasteiger charge is 2.29. The molecule has 2 aromatic heterocycles. The summed E-state index contributed by atoms with van der Waals surface area (Å²) in [6, 6.07) is 6.55. The molecule has 3 aromatic rings. The fourth-order valence-corrected chi connectivity index (χ4v) is 5.22. The molecule has 4 rings (SSSR count). The molecule has 1 amide bonds. The minimum atomic E-state index is -0.658. The normalized spacial score (nSPS) is 15.1. The standard InChI is InChI=1S/C30H38N6O6S/c1-7-8-16-35-24-25(32-27(35)34-15-11-12-20(17-34)31-28(39)42-30(2,3)4)33(5)29(40)36(26(24)38)18-22(37)21-13-9-10-14-23(21)41-19-43-6/h9-10,13-14,20H,11-12,15-19H2,1-6H3,(H,31,39). The summed E-state index contributed by atoms with van der Waals surface area (Å²) in [4.78, 5) is 59.8. The third kappa shape index (κ3) is 7.25. The molecule has 43 heavy (non-hydrogen) atoms. The predicted molar refractivity (Wildman–Crippen MR) is 167 cm³/mol. The van der Waals surface area contributed by atoms with Crippen LogP contribution in [0.5, 0.6) is 5.75 Å². The second kappa shape index (κ2) is 13.4. The van der Waals surface area contributed by atoms with Crippen molar-refractivity contribution in [1.82, 2.24) is 24.0 Å². The highest BCUT2D eigenvalue weighted by Crippen LogP contribution is 2.24. The maximum absolute atomic E-state index is 13.9. The molecular formula is C30H38N6O6S. The summed E-state index contributed by atoms with van der Waals surface area (Å²) in [5.74, 6) is 6.63. The lowest BCUT2D eigenvalue weighted by molar-refractivity contribution is 0.0499. The van der Waals surface area contributed by atoms with Gasteiger partial charge in [-0.15, -0.1) is 17.7 Å². The van der Waals surface area contributed by atoms with Gasteiger partial charge in [-0.1, -0.05) is 18.1 Å². The molecule has 1 saturated heterocycles. The number of alkyl carbamates (subject to hydrolysis) is 1. The molecule has 1 atom stereocenters. The molecule has 1 aromatic carbocycles. The van der Waals surface area contributed by atoms with Gasteiger partial charge in [-0.25, -0.2) is 9.59 Å². The van der Waals surface area contributed by atoms with E-state index in [4.69, 9.17) is 14.5 Å². The number of nitrogens with zero attached hydrogens (tertiary/aromatic N) is 5. The first-order chi connectivity index (χ1) is 20.4. The van der Waals surface area contributed by atoms with Gasteiger partial charge in [-0.3, -0.25) is 23.3 Å². The number of fused-ring (bicyclic) bond motifs is 1. The van der Waals surface area contributed by atoms with E-state index in [2.05, 4.69) is 17.2 Å². The van der Waals surface area contributed by atoms with Crippen LogP contribution in [0.4, 0.5) is 10.7 Å². The number of rotatable bonds is 9. The molecule has 0 spiro atoms. The number of hydrogen-bond acceptors (Lipinski definition) is 9. The quantitative estimate of drug-likeness (QED) is 0.221. The van der Waals surface area contributed by atoms with E-state index in [9.17, 15) is 19.2 Å². The number of nitrogens with one attached hydrogen (secondary N) is 1. The number of imidazole rings is 1. The summed E-state index contributed by atoms with van der Waals surface area (Å²) in [5, 5.41) is 2.93. The van der Waals surface area contributed by atoms with E-state index in [-0.39, 0.29) is 29.3 Å². The molecule has 0 saturated carbocycles. The number of Topliss-reactive ketones (excluding diaryl/α,β-unsaturated/α-hetero) is 1. The van der Waals surface area contributed by atoms with E-state index in [0.29, 0.717) is 30.7 Å². The molecule has 1 unspecified atom stereocenters. The van der Waals surface area contributed by atoms with Gasteiger partial charge in [0, 0.05) is 26.2 Å². The van der Waals surface area contributed by atoms with Crippen LogP contribution < -0.4 is 26.2 Å². The van der Waals surface area contributed by atoms with Gasteiger partial charge in [0.2, 0.25) is 5.95 Å². The van der Waals surface area contributed by atoms with Crippen molar-refractivity contribution in [1.29, 1.82) is 0 Å². The number of ether oxygens (including phenoxy) is 2. The summed E-state index contributed by atoms with van der Waals surface area (Å²) in [6.45, 7) is 7.85. The molecule has 1 aliphatic rings. The highest BCUT2D eigenvalue weighted by atomic mass is 32.2. The van der Waals surface area contributed by atoms with Crippen LogP contribution in [-0.4, -0.2) is 67.5 Å². The largest absolute Gasteiger partial charge is 0.482 e. The third-order valence-corrected chi connectivity index (χ3v) is 7.23. The van der Waals surface area contributed by atoms with Gasteiger partial charge in [0.05, 0.1) is 18.7 Å². The van der Waals surface area contributed by atoms with Crippen LogP contribution in [0.3, 0.4) is 0 Å². The van der Waals surface area contributed by atoms with Crippen LogP contribution >= 0.6 is 11.8 Å². The molecule has 0 radical (unpaired) electrons. The predicted octanol–water partition coefficient (Wildman–Crippen LogP) is 3.00. The number of piperidine rings is 1. The van der Waals surface area contributed by atoms with Crippen molar-refractivity contribution in [2.24, 2.45) is 7.05 Å². The molecule has 230 valence electrons. The fourth-order valence-electron chi connectivity index (χ4n) is 4.97. The lowest BCUT2D eigenvalue weighted by atomic mass is 10.1. The molecule has 3 heterocycles. The Morgan fingerprint density at radius 1 is 1.19 bits per heavy atom. The Bertz CT molecular complexity index is 1690. The summed E-state index contributed by atoms with van der Waals surface area (Å²) in [5.41, 5.74) is -1.27. The smallest absolute Gasteiger partial charge is 0.407 e. The Labute approximate surface area is 254 Å². The van der Waals surface area contributed by atoms with Crippen molar-refractivity contribution in [3.63, 3.8) is 0 Å². The van der Waals surface area contributed by atoms with E-state index >= 15 is 0 Å². The topological polar surface area (TPSA) is 130 Å². The first-order valence-corrected chi connectivity index (χ1v) is 15.4. The number of carbonyl (C=O) groups is 2. The average molecular weight is 611 g/mol. The first kappa shape index (κ1) is 31.7. The lowest BCUT2D eigenvalue weighted by Gasteiger charge is -2.34. The van der Waals surface area contributed by atoms with Crippen LogP contribution in [0, 0.1) is 11.8 Å². The molecule has 12 nitrogen and oxygen atoms in total. The van der Waals surface area contributed by atoms with E-state index < -0.39 is 35.3 Å². The van der Waals surface area contributed by atoms with Crippen LogP contribution in [0.25, 0.3) is 11.2 Å². The third-order valence-electron chi connectivity index (χ3n) is 6.87. The van der Waals surface area contributed by atoms with E-state index in [1.165, 1.54) is 23.4 Å². The maximum atomic E-state index is 13.9. The molecule has 1 aliphatic heterocycles. The molecular weight excluding hydrogens is 572 g/mol. The fraction of sp³-hybridized carbons (Fsp3) is 0.500. The first-order valence-electron chi connectivity index (χ1n) is 14.0. The molecule has 0 bridgehead atoms. The van der Waals surface area contributed by atoms with Gasteiger partial charge in [-0.2, -0.15) is 4.98 Å². The molecule has 1 N–H and O–H groups in total. The Kier molecular flexibility index (Phi) is 9.91. The summed E-state index contributed by atoms with van der Waals surface area (Å²) in [6.07, 6.45) is 2.89. The minimum absolute atomic E-state index is 0.149. The number of benzene rings is 1. The number of carbonyl (C=O) groups excluding carboxylic acids is 2. The van der Waals surface area contributed by atoms with Gasteiger partial charge in [-0.05, 0) is 58.9 Å². The number of ketones is 1. The summed E-state index contributed by atoms with van der Waals surface area (Å²) < 4.78 is 15.0. The zero-order chi connectivity index (χ0) is 31.3. The van der Waals surface area contributed by atoms with Crippen molar-refractivity contribution in [2.75, 3.05) is 30.2 Å². The van der Waals surface area contributed by atoms with E-state index in [1.807, 2.05) is 11.2 Å². The second-order valence-corrected chi connectivity index (χ2v) is 12.0. The van der Waals surface area contributed by atoms with Crippen molar-refractivity contribution < 1.29 is 19.1 Å². The van der Waals surface area contributed by atoms with Crippen LogP contribution in [0.15, 0.2) is 33.9 Å². The van der Waals surface area contributed by atoms with Crippen molar-refractivity contribution in [2.45, 2.75) is 65.3 Å². The summed E-state index contributed by atoms with van der Waals surface area (Å²) in [7, 11) is 1.52. The Balaban J connectivity index is 1.73. The van der Waals surface area contributed by atoms with Gasteiger partial charge >= 0.3 is 11.8 Å². The Morgan fingerprint density at radius 2 is 1.93 bits per heavy atom. The Hall–Kier alpha value is -4.18. The van der Waals surface area contributed by atoms with Gasteiger partial charge in [0.25, 0.3) is 5.56 Å². The van der Waals surface area contributed by atoms with Gasteiger partial charge in [0.1, 0.15) is 17.3 Å². The zero-order valence-electron chi connectivity index (χ0n) is 25.4. The highest BCUT2D eigenvalue weighted by molar-refractivity contribution is 7.98. The van der Waals surface area contributed by atoms with Crippen LogP contribution in [-0.2, 0) is 24.9 Å². The molecule has 1 fully saturated rings. The number of anilines is 1. The van der Waals surface area contributed by atoms with Gasteiger partial charge in [0.15, 0.2) is 16.9 Å². The lowest BCUT2D eigenvalue weighted by Crippen LogP contribution is -2.49. The van der Waals surface area contributed by atoms with E-state index in [0.717, 1.165) is 17.4 Å². The minimum Gasteiger partial charge on any atom is -0.482 e. The molecule has 0 aliphatic carbocycles. The van der Waals surface area contributed by atoms with Crippen molar-refractivity contribution >= 4 is 40.8 Å². The van der Waals surface area contributed by atoms with Crippen LogP contribution in [0.2, 0.25) is 0 Å².